The Morgan fingerprint density at radius 2 is 1.12 bits per heavy atom. The van der Waals surface area contributed by atoms with Crippen molar-refractivity contribution in [3.05, 3.63) is 59.7 Å². The third kappa shape index (κ3) is 4.18. The van der Waals surface area contributed by atoms with Crippen LogP contribution in [0, 0.1) is 0 Å². The topological polar surface area (TPSA) is 0 Å². The lowest BCUT2D eigenvalue weighted by atomic mass is 9.93. The third-order valence-electron chi connectivity index (χ3n) is 5.24. The maximum absolute atomic E-state index is 6.73. The highest BCUT2D eigenvalue weighted by Crippen LogP contribution is 2.37. The van der Waals surface area contributed by atoms with Gasteiger partial charge in [0, 0.05) is 0 Å². The Kier molecular flexibility index (Phi) is 6.84. The Balaban J connectivity index is 2.08. The average molecular weight is 387 g/mol. The molecule has 0 N–H and O–H groups in total. The van der Waals surface area contributed by atoms with E-state index in [1.807, 2.05) is 0 Å². The van der Waals surface area contributed by atoms with E-state index < -0.39 is 0 Å². The highest BCUT2D eigenvalue weighted by molar-refractivity contribution is 6.23. The molecule has 138 valence electrons. The molecular weight excluding hydrogens is 359 g/mol. The van der Waals surface area contributed by atoms with E-state index >= 15 is 0 Å². The Bertz CT molecular complexity index is 795. The Hall–Kier alpha value is -1.24. The van der Waals surface area contributed by atoms with Gasteiger partial charge in [0.2, 0.25) is 0 Å². The van der Waals surface area contributed by atoms with Crippen molar-refractivity contribution in [1.82, 2.24) is 0 Å². The van der Waals surface area contributed by atoms with Crippen LogP contribution in [0.4, 0.5) is 0 Å². The zero-order chi connectivity index (χ0) is 18.5. The van der Waals surface area contributed by atoms with Gasteiger partial charge in [-0.15, -0.1) is 23.2 Å². The molecule has 2 unspecified atom stereocenters. The molecule has 0 spiro atoms. The molecule has 0 aliphatic heterocycles. The van der Waals surface area contributed by atoms with Crippen molar-refractivity contribution in [1.29, 1.82) is 0 Å². The van der Waals surface area contributed by atoms with Crippen molar-refractivity contribution in [2.75, 3.05) is 0 Å². The SMILES string of the molecule is CCCCC(Cl)c1cccc2cc3c(C(Cl)CCCC)cccc3cc12. The van der Waals surface area contributed by atoms with E-state index in [9.17, 15) is 0 Å². The highest BCUT2D eigenvalue weighted by atomic mass is 35.5. The lowest BCUT2D eigenvalue weighted by molar-refractivity contribution is 0.703. The summed E-state index contributed by atoms with van der Waals surface area (Å²) < 4.78 is 0. The second kappa shape index (κ2) is 9.11. The van der Waals surface area contributed by atoms with Crippen LogP contribution in [-0.4, -0.2) is 0 Å². The lowest BCUT2D eigenvalue weighted by Crippen LogP contribution is -1.95. The number of unbranched alkanes of at least 4 members (excludes halogenated alkanes) is 2. The summed E-state index contributed by atoms with van der Waals surface area (Å²) in [5.74, 6) is 0. The van der Waals surface area contributed by atoms with Gasteiger partial charge >= 0.3 is 0 Å². The summed E-state index contributed by atoms with van der Waals surface area (Å²) in [6.07, 6.45) is 6.72. The van der Waals surface area contributed by atoms with Gasteiger partial charge in [0.05, 0.1) is 10.8 Å². The summed E-state index contributed by atoms with van der Waals surface area (Å²) in [5, 5.41) is 5.20. The van der Waals surface area contributed by atoms with Crippen molar-refractivity contribution < 1.29 is 0 Å². The summed E-state index contributed by atoms with van der Waals surface area (Å²) in [7, 11) is 0. The van der Waals surface area contributed by atoms with Gasteiger partial charge in [0.15, 0.2) is 0 Å². The summed E-state index contributed by atoms with van der Waals surface area (Å²) >= 11 is 13.5. The zero-order valence-corrected chi connectivity index (χ0v) is 17.3. The van der Waals surface area contributed by atoms with Gasteiger partial charge in [-0.2, -0.15) is 0 Å². The Labute approximate surface area is 167 Å². The van der Waals surface area contributed by atoms with Gasteiger partial charge in [-0.05, 0) is 57.6 Å². The molecular formula is C24H28Cl2. The number of hydrogen-bond donors (Lipinski definition) is 0. The summed E-state index contributed by atoms with van der Waals surface area (Å²) in [6.45, 7) is 4.42. The van der Waals surface area contributed by atoms with Crippen LogP contribution in [0.3, 0.4) is 0 Å². The standard InChI is InChI=1S/C24H28Cl2/c1-3-5-13-23(25)19-11-7-9-17-16-22-18(15-21(17)19)10-8-12-20(22)24(26)14-6-4-2/h7-12,15-16,23-24H,3-6,13-14H2,1-2H3. The fourth-order valence-corrected chi connectivity index (χ4v) is 4.41. The van der Waals surface area contributed by atoms with Gasteiger partial charge in [-0.3, -0.25) is 0 Å². The van der Waals surface area contributed by atoms with Crippen LogP contribution in [0.15, 0.2) is 48.5 Å². The van der Waals surface area contributed by atoms with E-state index in [4.69, 9.17) is 23.2 Å². The van der Waals surface area contributed by atoms with Crippen molar-refractivity contribution in [3.63, 3.8) is 0 Å². The van der Waals surface area contributed by atoms with Gasteiger partial charge in [-0.25, -0.2) is 0 Å². The van der Waals surface area contributed by atoms with E-state index in [-0.39, 0.29) is 10.8 Å². The van der Waals surface area contributed by atoms with E-state index in [2.05, 4.69) is 62.4 Å². The molecule has 2 heteroatoms. The number of alkyl halides is 2. The molecule has 0 aromatic heterocycles. The number of rotatable bonds is 8. The predicted molar refractivity (Wildman–Crippen MR) is 118 cm³/mol. The molecule has 0 radical (unpaired) electrons. The minimum atomic E-state index is 0.0737. The van der Waals surface area contributed by atoms with Gasteiger partial charge < -0.3 is 0 Å². The van der Waals surface area contributed by atoms with Crippen LogP contribution in [0.25, 0.3) is 21.5 Å². The first-order valence-corrected chi connectivity index (χ1v) is 10.8. The van der Waals surface area contributed by atoms with Crippen LogP contribution in [-0.2, 0) is 0 Å². The van der Waals surface area contributed by atoms with Gasteiger partial charge in [0.25, 0.3) is 0 Å². The normalized spacial score (nSPS) is 14.0. The smallest absolute Gasteiger partial charge is 0.0591 e. The van der Waals surface area contributed by atoms with Crippen LogP contribution in [0.5, 0.6) is 0 Å². The van der Waals surface area contributed by atoms with Crippen LogP contribution >= 0.6 is 23.2 Å². The largest absolute Gasteiger partial charge is 0.118 e. The maximum Gasteiger partial charge on any atom is 0.0591 e. The first-order chi connectivity index (χ1) is 12.7. The third-order valence-corrected chi connectivity index (χ3v) is 6.15. The lowest BCUT2D eigenvalue weighted by Gasteiger charge is -2.16. The van der Waals surface area contributed by atoms with Gasteiger partial charge in [0.1, 0.15) is 0 Å². The van der Waals surface area contributed by atoms with Crippen molar-refractivity contribution in [2.24, 2.45) is 0 Å². The van der Waals surface area contributed by atoms with Gasteiger partial charge in [-0.1, -0.05) is 75.9 Å². The maximum atomic E-state index is 6.73. The molecule has 26 heavy (non-hydrogen) atoms. The minimum Gasteiger partial charge on any atom is -0.118 e. The molecule has 2 atom stereocenters. The molecule has 0 saturated carbocycles. The number of hydrogen-bond acceptors (Lipinski definition) is 0. The summed E-state index contributed by atoms with van der Waals surface area (Å²) in [5.41, 5.74) is 2.50. The average Bonchev–Trinajstić information content (AvgIpc) is 2.67. The molecule has 0 nitrogen and oxygen atoms in total. The van der Waals surface area contributed by atoms with E-state index in [0.717, 1.165) is 25.7 Å². The monoisotopic (exact) mass is 386 g/mol. The first-order valence-electron chi connectivity index (χ1n) is 9.89. The highest BCUT2D eigenvalue weighted by Gasteiger charge is 2.15. The first kappa shape index (κ1) is 19.5. The summed E-state index contributed by atoms with van der Waals surface area (Å²) in [6, 6.07) is 17.6. The Morgan fingerprint density at radius 3 is 1.50 bits per heavy atom. The fraction of sp³-hybridized carbons (Fsp3) is 0.417. The molecule has 3 aromatic carbocycles. The molecule has 0 amide bonds. The minimum absolute atomic E-state index is 0.0737. The predicted octanol–water partition coefficient (Wildman–Crippen LogP) is 8.93. The molecule has 0 heterocycles. The van der Waals surface area contributed by atoms with Crippen molar-refractivity contribution >= 4 is 44.7 Å². The fourth-order valence-electron chi connectivity index (χ4n) is 3.72. The second-order valence-corrected chi connectivity index (χ2v) is 8.26. The van der Waals surface area contributed by atoms with Crippen molar-refractivity contribution in [2.45, 2.75) is 63.1 Å². The van der Waals surface area contributed by atoms with E-state index in [1.54, 1.807) is 0 Å². The number of benzene rings is 3. The molecule has 0 fully saturated rings. The quantitative estimate of drug-likeness (QED) is 0.267. The molecule has 3 aromatic rings. The van der Waals surface area contributed by atoms with Crippen LogP contribution in [0.2, 0.25) is 0 Å². The molecule has 0 aliphatic carbocycles. The second-order valence-electron chi connectivity index (χ2n) is 7.21. The van der Waals surface area contributed by atoms with Crippen molar-refractivity contribution in [3.8, 4) is 0 Å². The molecule has 0 aliphatic rings. The number of fused-ring (bicyclic) bond motifs is 2. The molecule has 0 bridgehead atoms. The van der Waals surface area contributed by atoms with Crippen LogP contribution < -0.4 is 0 Å². The van der Waals surface area contributed by atoms with E-state index in [0.29, 0.717) is 0 Å². The van der Waals surface area contributed by atoms with Crippen LogP contribution in [0.1, 0.15) is 74.3 Å². The molecule has 3 rings (SSSR count). The van der Waals surface area contributed by atoms with E-state index in [1.165, 1.54) is 45.5 Å². The number of halogens is 2. The molecule has 0 saturated heterocycles. The Morgan fingerprint density at radius 1 is 0.692 bits per heavy atom. The zero-order valence-electron chi connectivity index (χ0n) is 15.8. The summed E-state index contributed by atoms with van der Waals surface area (Å²) in [4.78, 5) is 0.